The molecule has 0 saturated heterocycles. The van der Waals surface area contributed by atoms with Crippen molar-refractivity contribution in [2.24, 2.45) is 0 Å². The van der Waals surface area contributed by atoms with Crippen LogP contribution in [-0.4, -0.2) is 23.4 Å². The predicted octanol–water partition coefficient (Wildman–Crippen LogP) is 2.46. The number of nitrogens with zero attached hydrogens (tertiary/aromatic N) is 1. The maximum atomic E-state index is 12.2. The van der Waals surface area contributed by atoms with Crippen LogP contribution in [0, 0.1) is 0 Å². The highest BCUT2D eigenvalue weighted by atomic mass is 16.2. The molecule has 1 aromatic rings. The summed E-state index contributed by atoms with van der Waals surface area (Å²) in [5.74, 6) is 0.153. The van der Waals surface area contributed by atoms with E-state index in [2.05, 4.69) is 13.8 Å². The van der Waals surface area contributed by atoms with Crippen LogP contribution in [-0.2, 0) is 11.2 Å². The number of para-hydroxylation sites is 1. The summed E-state index contributed by atoms with van der Waals surface area (Å²) in [6.07, 6.45) is 1.37. The van der Waals surface area contributed by atoms with E-state index in [4.69, 9.17) is 5.73 Å². The Morgan fingerprint density at radius 3 is 2.53 bits per heavy atom. The third-order valence-corrected chi connectivity index (χ3v) is 3.18. The van der Waals surface area contributed by atoms with E-state index in [1.165, 1.54) is 0 Å². The van der Waals surface area contributed by atoms with Crippen LogP contribution in [0.15, 0.2) is 24.3 Å². The molecule has 0 aromatic heterocycles. The number of rotatable bonds is 5. The normalized spacial score (nSPS) is 12.2. The van der Waals surface area contributed by atoms with Crippen LogP contribution in [0.25, 0.3) is 0 Å². The van der Waals surface area contributed by atoms with Crippen molar-refractivity contribution in [2.75, 3.05) is 12.3 Å². The van der Waals surface area contributed by atoms with Crippen molar-refractivity contribution in [2.45, 2.75) is 39.7 Å². The van der Waals surface area contributed by atoms with E-state index in [0.29, 0.717) is 12.1 Å². The number of amides is 1. The monoisotopic (exact) mass is 234 g/mol. The lowest BCUT2D eigenvalue weighted by Crippen LogP contribution is -2.39. The Bertz CT molecular complexity index is 376. The van der Waals surface area contributed by atoms with Gasteiger partial charge in [-0.25, -0.2) is 0 Å². The lowest BCUT2D eigenvalue weighted by molar-refractivity contribution is -0.132. The van der Waals surface area contributed by atoms with Gasteiger partial charge < -0.3 is 10.6 Å². The average Bonchev–Trinajstić information content (AvgIpc) is 2.32. The Morgan fingerprint density at radius 2 is 2.00 bits per heavy atom. The Kier molecular flexibility index (Phi) is 5.01. The van der Waals surface area contributed by atoms with Crippen molar-refractivity contribution in [3.63, 3.8) is 0 Å². The highest BCUT2D eigenvalue weighted by Crippen LogP contribution is 2.14. The van der Waals surface area contributed by atoms with Gasteiger partial charge in [0.15, 0.2) is 0 Å². The number of likely N-dealkylation sites (N-methyl/N-ethyl adjacent to an activating group) is 1. The quantitative estimate of drug-likeness (QED) is 0.795. The summed E-state index contributed by atoms with van der Waals surface area (Å²) < 4.78 is 0. The van der Waals surface area contributed by atoms with Gasteiger partial charge in [-0.3, -0.25) is 4.79 Å². The predicted molar refractivity (Wildman–Crippen MR) is 71.7 cm³/mol. The number of nitrogens with two attached hydrogens (primary N) is 1. The van der Waals surface area contributed by atoms with Crippen molar-refractivity contribution in [3.8, 4) is 0 Å². The SMILES string of the molecule is CCC(C)N(CC)C(=O)Cc1ccccc1N. The molecule has 3 heteroatoms. The van der Waals surface area contributed by atoms with E-state index >= 15 is 0 Å². The largest absolute Gasteiger partial charge is 0.398 e. The average molecular weight is 234 g/mol. The molecule has 1 amide bonds. The fourth-order valence-corrected chi connectivity index (χ4v) is 1.91. The van der Waals surface area contributed by atoms with Gasteiger partial charge >= 0.3 is 0 Å². The van der Waals surface area contributed by atoms with Crippen LogP contribution in [0.5, 0.6) is 0 Å². The summed E-state index contributed by atoms with van der Waals surface area (Å²) in [5, 5.41) is 0. The van der Waals surface area contributed by atoms with Crippen molar-refractivity contribution >= 4 is 11.6 Å². The standard InChI is InChI=1S/C14H22N2O/c1-4-11(3)16(5-2)14(17)10-12-8-6-7-9-13(12)15/h6-9,11H,4-5,10,15H2,1-3H3. The number of hydrogen-bond donors (Lipinski definition) is 1. The molecule has 0 spiro atoms. The first-order valence-electron chi connectivity index (χ1n) is 6.23. The highest BCUT2D eigenvalue weighted by Gasteiger charge is 2.17. The van der Waals surface area contributed by atoms with Gasteiger partial charge in [-0.2, -0.15) is 0 Å². The molecule has 2 N–H and O–H groups in total. The second-order valence-corrected chi connectivity index (χ2v) is 4.31. The van der Waals surface area contributed by atoms with E-state index < -0.39 is 0 Å². The lowest BCUT2D eigenvalue weighted by Gasteiger charge is -2.27. The van der Waals surface area contributed by atoms with E-state index in [9.17, 15) is 4.79 Å². The Labute approximate surface area is 104 Å². The second-order valence-electron chi connectivity index (χ2n) is 4.31. The second kappa shape index (κ2) is 6.28. The summed E-state index contributed by atoms with van der Waals surface area (Å²) in [6, 6.07) is 7.84. The first-order valence-corrected chi connectivity index (χ1v) is 6.23. The smallest absolute Gasteiger partial charge is 0.227 e. The molecule has 0 radical (unpaired) electrons. The molecule has 0 bridgehead atoms. The molecule has 94 valence electrons. The third-order valence-electron chi connectivity index (χ3n) is 3.18. The van der Waals surface area contributed by atoms with E-state index in [-0.39, 0.29) is 11.9 Å². The van der Waals surface area contributed by atoms with Crippen molar-refractivity contribution < 1.29 is 4.79 Å². The van der Waals surface area contributed by atoms with Crippen LogP contribution in [0.1, 0.15) is 32.8 Å². The molecule has 1 unspecified atom stereocenters. The molecule has 0 aliphatic heterocycles. The third kappa shape index (κ3) is 3.48. The maximum Gasteiger partial charge on any atom is 0.227 e. The van der Waals surface area contributed by atoms with Crippen molar-refractivity contribution in [1.29, 1.82) is 0 Å². The number of carbonyl (C=O) groups excluding carboxylic acids is 1. The molecule has 1 aromatic carbocycles. The number of benzene rings is 1. The van der Waals surface area contributed by atoms with Crippen LogP contribution >= 0.6 is 0 Å². The minimum atomic E-state index is 0.153. The summed E-state index contributed by atoms with van der Waals surface area (Å²) in [7, 11) is 0. The minimum absolute atomic E-state index is 0.153. The minimum Gasteiger partial charge on any atom is -0.398 e. The number of hydrogen-bond acceptors (Lipinski definition) is 2. The van der Waals surface area contributed by atoms with Gasteiger partial charge in [0.05, 0.1) is 6.42 Å². The van der Waals surface area contributed by atoms with Gasteiger partial charge in [-0.05, 0) is 31.9 Å². The summed E-state index contributed by atoms with van der Waals surface area (Å²) in [4.78, 5) is 14.1. The number of anilines is 1. The van der Waals surface area contributed by atoms with E-state index in [1.807, 2.05) is 36.1 Å². The molecule has 17 heavy (non-hydrogen) atoms. The molecule has 0 fully saturated rings. The Morgan fingerprint density at radius 1 is 1.35 bits per heavy atom. The van der Waals surface area contributed by atoms with Gasteiger partial charge in [-0.15, -0.1) is 0 Å². The molecule has 0 aliphatic rings. The summed E-state index contributed by atoms with van der Waals surface area (Å²) in [6.45, 7) is 6.94. The lowest BCUT2D eigenvalue weighted by atomic mass is 10.1. The van der Waals surface area contributed by atoms with Crippen molar-refractivity contribution in [3.05, 3.63) is 29.8 Å². The van der Waals surface area contributed by atoms with Gasteiger partial charge in [0, 0.05) is 18.3 Å². The van der Waals surface area contributed by atoms with Crippen LogP contribution in [0.2, 0.25) is 0 Å². The van der Waals surface area contributed by atoms with Crippen LogP contribution in [0.3, 0.4) is 0 Å². The summed E-state index contributed by atoms with van der Waals surface area (Å²) >= 11 is 0. The molecular formula is C14H22N2O. The zero-order valence-corrected chi connectivity index (χ0v) is 10.9. The zero-order chi connectivity index (χ0) is 12.8. The Hall–Kier alpha value is -1.51. The molecule has 3 nitrogen and oxygen atoms in total. The van der Waals surface area contributed by atoms with Crippen molar-refractivity contribution in [1.82, 2.24) is 4.90 Å². The van der Waals surface area contributed by atoms with Gasteiger partial charge in [-0.1, -0.05) is 25.1 Å². The van der Waals surface area contributed by atoms with Crippen LogP contribution in [0.4, 0.5) is 5.69 Å². The first kappa shape index (κ1) is 13.6. The fraction of sp³-hybridized carbons (Fsp3) is 0.500. The molecule has 0 heterocycles. The molecule has 1 rings (SSSR count). The van der Waals surface area contributed by atoms with Crippen LogP contribution < -0.4 is 5.73 Å². The summed E-state index contributed by atoms with van der Waals surface area (Å²) in [5.41, 5.74) is 7.46. The molecular weight excluding hydrogens is 212 g/mol. The number of nitrogen functional groups attached to an aromatic ring is 1. The first-order chi connectivity index (χ1) is 8.10. The van der Waals surface area contributed by atoms with E-state index in [0.717, 1.165) is 18.5 Å². The van der Waals surface area contributed by atoms with Gasteiger partial charge in [0.25, 0.3) is 0 Å². The Balaban J connectivity index is 2.74. The maximum absolute atomic E-state index is 12.2. The molecule has 0 saturated carbocycles. The number of carbonyl (C=O) groups is 1. The molecule has 1 atom stereocenters. The van der Waals surface area contributed by atoms with Gasteiger partial charge in [0.2, 0.25) is 5.91 Å². The molecule has 0 aliphatic carbocycles. The van der Waals surface area contributed by atoms with E-state index in [1.54, 1.807) is 0 Å². The van der Waals surface area contributed by atoms with Gasteiger partial charge in [0.1, 0.15) is 0 Å². The zero-order valence-electron chi connectivity index (χ0n) is 10.9. The topological polar surface area (TPSA) is 46.3 Å². The fourth-order valence-electron chi connectivity index (χ4n) is 1.91. The highest BCUT2D eigenvalue weighted by molar-refractivity contribution is 5.80.